The Labute approximate surface area is 142 Å². The predicted octanol–water partition coefficient (Wildman–Crippen LogP) is 2.26. The average molecular weight is 336 g/mol. The number of carbonyl (C=O) groups is 1. The molecule has 6 heteroatoms. The van der Waals surface area contributed by atoms with Crippen molar-refractivity contribution >= 4 is 24.0 Å². The molecule has 1 heterocycles. The minimum absolute atomic E-state index is 0. The molecule has 0 saturated carbocycles. The molecular weight excluding hydrogens is 314 g/mol. The number of anilines is 1. The van der Waals surface area contributed by atoms with Crippen molar-refractivity contribution in [2.75, 3.05) is 18.9 Å². The maximum Gasteiger partial charge on any atom is 0.274 e. The summed E-state index contributed by atoms with van der Waals surface area (Å²) in [6.45, 7) is 1.27. The van der Waals surface area contributed by atoms with Crippen LogP contribution in [-0.4, -0.2) is 24.1 Å². The quantitative estimate of drug-likeness (QED) is 0.763. The van der Waals surface area contributed by atoms with E-state index in [1.54, 1.807) is 22.9 Å². The highest BCUT2D eigenvalue weighted by Gasteiger charge is 2.07. The molecule has 1 aromatic carbocycles. The summed E-state index contributed by atoms with van der Waals surface area (Å²) < 4.78 is 1.60. The van der Waals surface area contributed by atoms with Crippen molar-refractivity contribution in [1.82, 2.24) is 9.88 Å². The summed E-state index contributed by atoms with van der Waals surface area (Å²) in [7, 11) is 1.84. The Balaban J connectivity index is 0.00000264. The van der Waals surface area contributed by atoms with Crippen LogP contribution in [0.5, 0.6) is 0 Å². The number of hydrogen-bond acceptors (Lipinski definition) is 3. The molecule has 0 atom stereocenters. The van der Waals surface area contributed by atoms with Gasteiger partial charge in [-0.15, -0.1) is 12.4 Å². The lowest BCUT2D eigenvalue weighted by Crippen LogP contribution is -2.26. The first-order valence-corrected chi connectivity index (χ1v) is 7.38. The minimum atomic E-state index is -0.187. The molecule has 23 heavy (non-hydrogen) atoms. The number of aromatic nitrogens is 1. The third-order valence-corrected chi connectivity index (χ3v) is 3.32. The number of amides is 1. The van der Waals surface area contributed by atoms with Crippen molar-refractivity contribution < 1.29 is 4.79 Å². The number of benzene rings is 1. The third-order valence-electron chi connectivity index (χ3n) is 3.32. The van der Waals surface area contributed by atoms with Crippen LogP contribution in [0.4, 0.5) is 5.69 Å². The summed E-state index contributed by atoms with van der Waals surface area (Å²) in [5.74, 6) is -0.134. The van der Waals surface area contributed by atoms with Gasteiger partial charge in [-0.2, -0.15) is 0 Å². The van der Waals surface area contributed by atoms with Crippen LogP contribution in [0.2, 0.25) is 0 Å². The Morgan fingerprint density at radius 2 is 1.87 bits per heavy atom. The van der Waals surface area contributed by atoms with Gasteiger partial charge in [0, 0.05) is 12.6 Å². The van der Waals surface area contributed by atoms with Gasteiger partial charge in [-0.1, -0.05) is 30.3 Å². The first kappa shape index (κ1) is 18.9. The van der Waals surface area contributed by atoms with Crippen LogP contribution in [0.15, 0.2) is 53.5 Å². The molecule has 5 nitrogen and oxygen atoms in total. The monoisotopic (exact) mass is 335 g/mol. The van der Waals surface area contributed by atoms with Crippen LogP contribution < -0.4 is 16.2 Å². The molecular formula is C17H22ClN3O2. The number of nitrogens with zero attached hydrogens (tertiary/aromatic N) is 1. The summed E-state index contributed by atoms with van der Waals surface area (Å²) in [6.07, 6.45) is 2.87. The predicted molar refractivity (Wildman–Crippen MR) is 95.3 cm³/mol. The van der Waals surface area contributed by atoms with Gasteiger partial charge >= 0.3 is 0 Å². The molecule has 2 aromatic rings. The molecule has 0 aliphatic carbocycles. The Morgan fingerprint density at radius 1 is 1.13 bits per heavy atom. The SMILES string of the molecule is CNCCCC(=O)Nc1cccn(Cc2ccccc2)c1=O.Cl. The average Bonchev–Trinajstić information content (AvgIpc) is 2.52. The van der Waals surface area contributed by atoms with Gasteiger partial charge in [0.25, 0.3) is 5.56 Å². The fourth-order valence-corrected chi connectivity index (χ4v) is 2.18. The second-order valence-corrected chi connectivity index (χ2v) is 5.10. The van der Waals surface area contributed by atoms with Gasteiger partial charge in [0.15, 0.2) is 0 Å². The number of rotatable bonds is 7. The lowest BCUT2D eigenvalue weighted by Gasteiger charge is -2.09. The topological polar surface area (TPSA) is 63.1 Å². The lowest BCUT2D eigenvalue weighted by molar-refractivity contribution is -0.116. The number of pyridine rings is 1. The van der Waals surface area contributed by atoms with Gasteiger partial charge in [-0.25, -0.2) is 0 Å². The van der Waals surface area contributed by atoms with Crippen LogP contribution >= 0.6 is 12.4 Å². The maximum atomic E-state index is 12.4. The molecule has 0 spiro atoms. The highest BCUT2D eigenvalue weighted by Crippen LogP contribution is 2.04. The van der Waals surface area contributed by atoms with Crippen LogP contribution in [0.3, 0.4) is 0 Å². The van der Waals surface area contributed by atoms with Crippen molar-refractivity contribution in [2.45, 2.75) is 19.4 Å². The van der Waals surface area contributed by atoms with E-state index in [2.05, 4.69) is 10.6 Å². The van der Waals surface area contributed by atoms with E-state index in [9.17, 15) is 9.59 Å². The zero-order valence-corrected chi connectivity index (χ0v) is 13.9. The van der Waals surface area contributed by atoms with E-state index in [-0.39, 0.29) is 23.9 Å². The maximum absolute atomic E-state index is 12.4. The van der Waals surface area contributed by atoms with E-state index in [1.807, 2.05) is 37.4 Å². The summed E-state index contributed by atoms with van der Waals surface area (Å²) in [4.78, 5) is 24.2. The third kappa shape index (κ3) is 5.88. The number of nitrogens with one attached hydrogen (secondary N) is 2. The molecule has 2 rings (SSSR count). The molecule has 0 unspecified atom stereocenters. The summed E-state index contributed by atoms with van der Waals surface area (Å²) in [5, 5.41) is 5.68. The second-order valence-electron chi connectivity index (χ2n) is 5.10. The van der Waals surface area contributed by atoms with E-state index in [1.165, 1.54) is 0 Å². The molecule has 1 aromatic heterocycles. The van der Waals surface area contributed by atoms with E-state index < -0.39 is 0 Å². The smallest absolute Gasteiger partial charge is 0.274 e. The van der Waals surface area contributed by atoms with Crippen molar-refractivity contribution in [1.29, 1.82) is 0 Å². The standard InChI is InChI=1S/C17H21N3O2.ClH/c1-18-11-5-10-16(21)19-15-9-6-12-20(17(15)22)13-14-7-3-2-4-8-14;/h2-4,6-9,12,18H,5,10-11,13H2,1H3,(H,19,21);1H. The van der Waals surface area contributed by atoms with Gasteiger partial charge in [0.2, 0.25) is 5.91 Å². The van der Waals surface area contributed by atoms with Gasteiger partial charge < -0.3 is 15.2 Å². The second kappa shape index (κ2) is 9.82. The molecule has 1 amide bonds. The first-order valence-electron chi connectivity index (χ1n) is 7.38. The zero-order chi connectivity index (χ0) is 15.8. The zero-order valence-electron chi connectivity index (χ0n) is 13.1. The van der Waals surface area contributed by atoms with Gasteiger partial charge in [-0.3, -0.25) is 9.59 Å². The number of hydrogen-bond donors (Lipinski definition) is 2. The molecule has 0 saturated heterocycles. The van der Waals surface area contributed by atoms with E-state index in [4.69, 9.17) is 0 Å². The fourth-order valence-electron chi connectivity index (χ4n) is 2.18. The van der Waals surface area contributed by atoms with E-state index >= 15 is 0 Å². The molecule has 124 valence electrons. The van der Waals surface area contributed by atoms with Crippen LogP contribution in [0, 0.1) is 0 Å². The van der Waals surface area contributed by atoms with Gasteiger partial charge in [0.05, 0.1) is 6.54 Å². The van der Waals surface area contributed by atoms with Crippen molar-refractivity contribution in [3.8, 4) is 0 Å². The normalized spacial score (nSPS) is 9.96. The summed E-state index contributed by atoms with van der Waals surface area (Å²) in [5.41, 5.74) is 1.18. The Kier molecular flexibility index (Phi) is 8.08. The fraction of sp³-hybridized carbons (Fsp3) is 0.294. The van der Waals surface area contributed by atoms with Crippen molar-refractivity contribution in [3.05, 3.63) is 64.6 Å². The number of carbonyl (C=O) groups excluding carboxylic acids is 1. The molecule has 2 N–H and O–H groups in total. The Hall–Kier alpha value is -2.11. The molecule has 0 fully saturated rings. The van der Waals surface area contributed by atoms with Crippen molar-refractivity contribution in [3.63, 3.8) is 0 Å². The Morgan fingerprint density at radius 3 is 2.57 bits per heavy atom. The van der Waals surface area contributed by atoms with Crippen molar-refractivity contribution in [2.24, 2.45) is 0 Å². The molecule has 0 radical (unpaired) electrons. The van der Waals surface area contributed by atoms with Crippen LogP contribution in [-0.2, 0) is 11.3 Å². The van der Waals surface area contributed by atoms with Gasteiger partial charge in [-0.05, 0) is 37.7 Å². The van der Waals surface area contributed by atoms with E-state index in [0.717, 1.165) is 18.5 Å². The summed E-state index contributed by atoms with van der Waals surface area (Å²) in [6, 6.07) is 13.2. The molecule has 0 aliphatic rings. The molecule has 0 bridgehead atoms. The Bertz CT molecular complexity index is 671. The van der Waals surface area contributed by atoms with Crippen LogP contribution in [0.1, 0.15) is 18.4 Å². The van der Waals surface area contributed by atoms with E-state index in [0.29, 0.717) is 18.7 Å². The summed E-state index contributed by atoms with van der Waals surface area (Å²) >= 11 is 0. The minimum Gasteiger partial charge on any atom is -0.321 e. The highest BCUT2D eigenvalue weighted by molar-refractivity contribution is 5.90. The van der Waals surface area contributed by atoms with Gasteiger partial charge in [0.1, 0.15) is 5.69 Å². The van der Waals surface area contributed by atoms with Crippen LogP contribution in [0.25, 0.3) is 0 Å². The largest absolute Gasteiger partial charge is 0.321 e. The first-order chi connectivity index (χ1) is 10.7. The molecule has 0 aliphatic heterocycles. The number of halogens is 1. The lowest BCUT2D eigenvalue weighted by atomic mass is 10.2. The highest BCUT2D eigenvalue weighted by atomic mass is 35.5.